The van der Waals surface area contributed by atoms with Crippen LogP contribution in [0.1, 0.15) is 28.9 Å². The van der Waals surface area contributed by atoms with Crippen molar-refractivity contribution in [1.82, 2.24) is 14.8 Å². The Kier molecular flexibility index (Phi) is 9.39. The summed E-state index contributed by atoms with van der Waals surface area (Å²) in [5, 5.41) is 9.85. The van der Waals surface area contributed by atoms with Gasteiger partial charge in [-0.25, -0.2) is 4.79 Å². The lowest BCUT2D eigenvalue weighted by molar-refractivity contribution is -0.140. The second kappa shape index (κ2) is 13.4. The maximum absolute atomic E-state index is 13.6. The third-order valence-electron chi connectivity index (χ3n) is 7.62. The number of benzene rings is 2. The Morgan fingerprint density at radius 1 is 1.14 bits per heavy atom. The summed E-state index contributed by atoms with van der Waals surface area (Å²) in [4.78, 5) is 25.3. The number of hydrogen-bond donors (Lipinski definition) is 3. The molecular weight excluding hydrogens is 579 g/mol. The summed E-state index contributed by atoms with van der Waals surface area (Å²) in [5.41, 5.74) is 2.47. The van der Waals surface area contributed by atoms with Crippen LogP contribution in [0.25, 0.3) is 10.9 Å². The van der Waals surface area contributed by atoms with Gasteiger partial charge in [0.1, 0.15) is 18.9 Å². The van der Waals surface area contributed by atoms with Gasteiger partial charge in [0.2, 0.25) is 0 Å². The molecule has 1 atom stereocenters. The highest BCUT2D eigenvalue weighted by molar-refractivity contribution is 5.95. The molecular formula is C31H34F3N5O5. The number of carbonyl (C=O) groups is 2. The number of piperidine rings is 1. The Bertz CT molecular complexity index is 1570. The molecule has 1 unspecified atom stereocenters. The molecule has 2 aliphatic heterocycles. The molecule has 0 radical (unpaired) electrons. The number of halogens is 3. The lowest BCUT2D eigenvalue weighted by Gasteiger charge is -2.33. The lowest BCUT2D eigenvalue weighted by Crippen LogP contribution is -2.43. The van der Waals surface area contributed by atoms with Crippen molar-refractivity contribution in [2.24, 2.45) is 0 Å². The zero-order chi connectivity index (χ0) is 31.3. The molecule has 13 heteroatoms. The van der Waals surface area contributed by atoms with Crippen molar-refractivity contribution >= 4 is 34.3 Å². The molecule has 2 aliphatic rings. The molecule has 0 aliphatic carbocycles. The summed E-state index contributed by atoms with van der Waals surface area (Å²) in [6.45, 7) is 1.42. The molecule has 3 heterocycles. The smallest absolute Gasteiger partial charge is 0.495 e. The first-order valence-corrected chi connectivity index (χ1v) is 14.3. The number of fused-ring (bicyclic) bond motifs is 1. The standard InChI is InChI=1S/C31H34F3N5O5/c1-35-29(40)20-8-9-26(28(15-20)42-2)36-12-4-5-22-16-24-25(6-3-7-27(24)39(22)19-31(32,33)34)37-21-10-13-38(14-11-21)17-23-18-43-30(41)44-23/h3,6-9,15-16,21,23,36-37H,10-14,17-19H2,1-2H3,(H,35,40). The molecule has 0 saturated carbocycles. The van der Waals surface area contributed by atoms with Gasteiger partial charge in [-0.15, -0.1) is 0 Å². The van der Waals surface area contributed by atoms with Gasteiger partial charge >= 0.3 is 12.3 Å². The van der Waals surface area contributed by atoms with Crippen LogP contribution in [0, 0.1) is 11.8 Å². The molecule has 3 N–H and O–H groups in total. The number of likely N-dealkylation sites (tertiary alicyclic amines) is 1. The van der Waals surface area contributed by atoms with Crippen LogP contribution in [0.3, 0.4) is 0 Å². The lowest BCUT2D eigenvalue weighted by atomic mass is 10.0. The van der Waals surface area contributed by atoms with Gasteiger partial charge in [0.05, 0.1) is 30.6 Å². The monoisotopic (exact) mass is 613 g/mol. The molecule has 0 bridgehead atoms. The Morgan fingerprint density at radius 3 is 2.61 bits per heavy atom. The zero-order valence-corrected chi connectivity index (χ0v) is 24.4. The number of cyclic esters (lactones) is 2. The fourth-order valence-electron chi connectivity index (χ4n) is 5.48. The third-order valence-corrected chi connectivity index (χ3v) is 7.62. The van der Waals surface area contributed by atoms with E-state index in [-0.39, 0.29) is 36.9 Å². The average Bonchev–Trinajstić information content (AvgIpc) is 3.57. The molecule has 2 fully saturated rings. The summed E-state index contributed by atoms with van der Waals surface area (Å²) >= 11 is 0. The first-order chi connectivity index (χ1) is 21.1. The van der Waals surface area contributed by atoms with Crippen molar-refractivity contribution in [1.29, 1.82) is 0 Å². The van der Waals surface area contributed by atoms with E-state index in [4.69, 9.17) is 14.2 Å². The quantitative estimate of drug-likeness (QED) is 0.240. The van der Waals surface area contributed by atoms with E-state index in [1.807, 2.05) is 6.07 Å². The minimum absolute atomic E-state index is 0.133. The van der Waals surface area contributed by atoms with E-state index in [0.717, 1.165) is 31.6 Å². The first-order valence-electron chi connectivity index (χ1n) is 14.3. The number of methoxy groups -OCH3 is 1. The predicted molar refractivity (Wildman–Crippen MR) is 159 cm³/mol. The number of alkyl halides is 3. The highest BCUT2D eigenvalue weighted by Gasteiger charge is 2.31. The van der Waals surface area contributed by atoms with E-state index in [0.29, 0.717) is 34.4 Å². The Hall–Kier alpha value is -4.57. The molecule has 2 aromatic carbocycles. The van der Waals surface area contributed by atoms with Crippen molar-refractivity contribution in [2.45, 2.75) is 37.7 Å². The fraction of sp³-hybridized carbons (Fsp3) is 0.419. The maximum Gasteiger partial charge on any atom is 0.508 e. The van der Waals surface area contributed by atoms with Gasteiger partial charge in [-0.1, -0.05) is 12.0 Å². The molecule has 3 aromatic rings. The van der Waals surface area contributed by atoms with Crippen LogP contribution >= 0.6 is 0 Å². The normalized spacial score (nSPS) is 17.4. The van der Waals surface area contributed by atoms with Crippen LogP contribution < -0.4 is 20.7 Å². The number of anilines is 2. The summed E-state index contributed by atoms with van der Waals surface area (Å²) < 4.78 is 57.5. The number of hydrogen-bond acceptors (Lipinski definition) is 8. The Balaban J connectivity index is 1.29. The Labute approximate surface area is 252 Å². The van der Waals surface area contributed by atoms with E-state index in [1.54, 1.807) is 36.4 Å². The van der Waals surface area contributed by atoms with Crippen molar-refractivity contribution in [2.75, 3.05) is 57.6 Å². The number of nitrogens with one attached hydrogen (secondary N) is 3. The van der Waals surface area contributed by atoms with Crippen molar-refractivity contribution in [3.8, 4) is 17.6 Å². The molecule has 5 rings (SSSR count). The van der Waals surface area contributed by atoms with E-state index in [2.05, 4.69) is 32.7 Å². The molecule has 234 valence electrons. The molecule has 10 nitrogen and oxygen atoms in total. The van der Waals surface area contributed by atoms with Gasteiger partial charge in [-0.3, -0.25) is 9.69 Å². The number of rotatable bonds is 9. The third kappa shape index (κ3) is 7.49. The number of ether oxygens (including phenoxy) is 3. The highest BCUT2D eigenvalue weighted by atomic mass is 19.4. The van der Waals surface area contributed by atoms with E-state index in [9.17, 15) is 22.8 Å². The van der Waals surface area contributed by atoms with E-state index >= 15 is 0 Å². The SMILES string of the molecule is CNC(=O)c1ccc(NCC#Cc2cc3c(NC4CCN(CC5COC(=O)O5)CC4)cccc3n2CC(F)(F)F)c(OC)c1. The topological polar surface area (TPSA) is 106 Å². The average molecular weight is 614 g/mol. The molecule has 0 spiro atoms. The zero-order valence-electron chi connectivity index (χ0n) is 24.4. The molecule has 1 aromatic heterocycles. The Morgan fingerprint density at radius 2 is 1.93 bits per heavy atom. The largest absolute Gasteiger partial charge is 0.508 e. The van der Waals surface area contributed by atoms with Crippen molar-refractivity contribution < 1.29 is 37.0 Å². The van der Waals surface area contributed by atoms with Crippen molar-refractivity contribution in [3.63, 3.8) is 0 Å². The summed E-state index contributed by atoms with van der Waals surface area (Å²) in [5.74, 6) is 6.02. The number of amides is 1. The number of carbonyl (C=O) groups excluding carboxylic acids is 2. The number of aromatic nitrogens is 1. The predicted octanol–water partition coefficient (Wildman–Crippen LogP) is 4.45. The van der Waals surface area contributed by atoms with Gasteiger partial charge in [0, 0.05) is 49.4 Å². The summed E-state index contributed by atoms with van der Waals surface area (Å²) in [6, 6.07) is 12.0. The van der Waals surface area contributed by atoms with Gasteiger partial charge in [-0.2, -0.15) is 13.2 Å². The second-order valence-corrected chi connectivity index (χ2v) is 10.6. The number of nitrogens with zero attached hydrogens (tertiary/aromatic N) is 2. The van der Waals surface area contributed by atoms with Crippen LogP contribution in [0.4, 0.5) is 29.3 Å². The van der Waals surface area contributed by atoms with Crippen LogP contribution in [0.15, 0.2) is 42.5 Å². The van der Waals surface area contributed by atoms with Crippen LogP contribution in [-0.2, 0) is 16.0 Å². The van der Waals surface area contributed by atoms with Gasteiger partial charge in [0.15, 0.2) is 6.10 Å². The fourth-order valence-corrected chi connectivity index (χ4v) is 5.48. The van der Waals surface area contributed by atoms with E-state index in [1.165, 1.54) is 18.7 Å². The minimum atomic E-state index is -4.44. The summed E-state index contributed by atoms with van der Waals surface area (Å²) in [7, 11) is 3.02. The second-order valence-electron chi connectivity index (χ2n) is 10.6. The van der Waals surface area contributed by atoms with Gasteiger partial charge in [-0.05, 0) is 55.2 Å². The van der Waals surface area contributed by atoms with Gasteiger partial charge < -0.3 is 34.7 Å². The molecule has 2 saturated heterocycles. The van der Waals surface area contributed by atoms with Crippen LogP contribution in [-0.4, -0.2) is 86.8 Å². The molecule has 44 heavy (non-hydrogen) atoms. The van der Waals surface area contributed by atoms with Crippen LogP contribution in [0.5, 0.6) is 5.75 Å². The van der Waals surface area contributed by atoms with Crippen LogP contribution in [0.2, 0.25) is 0 Å². The highest BCUT2D eigenvalue weighted by Crippen LogP contribution is 2.31. The maximum atomic E-state index is 13.6. The van der Waals surface area contributed by atoms with Crippen molar-refractivity contribution in [3.05, 3.63) is 53.7 Å². The van der Waals surface area contributed by atoms with Gasteiger partial charge in [0.25, 0.3) is 5.91 Å². The first kappa shape index (κ1) is 30.9. The molecule has 1 amide bonds. The van der Waals surface area contributed by atoms with E-state index < -0.39 is 18.9 Å². The summed E-state index contributed by atoms with van der Waals surface area (Å²) in [6.07, 6.45) is -3.68. The minimum Gasteiger partial charge on any atom is -0.495 e.